The summed E-state index contributed by atoms with van der Waals surface area (Å²) in [7, 11) is 2.50. The van der Waals surface area contributed by atoms with E-state index in [4.69, 9.17) is 14.2 Å². The minimum atomic E-state index is -4.73. The van der Waals surface area contributed by atoms with Gasteiger partial charge in [-0.05, 0) is 83.8 Å². The van der Waals surface area contributed by atoms with Crippen LogP contribution in [0.3, 0.4) is 0 Å². The van der Waals surface area contributed by atoms with Gasteiger partial charge in [0.05, 0.1) is 37.5 Å². The van der Waals surface area contributed by atoms with Crippen molar-refractivity contribution in [1.29, 1.82) is 0 Å². The van der Waals surface area contributed by atoms with Gasteiger partial charge in [0.2, 0.25) is 5.91 Å². The van der Waals surface area contributed by atoms with E-state index >= 15 is 0 Å². The van der Waals surface area contributed by atoms with Crippen LogP contribution < -0.4 is 19.5 Å². The number of carboxylic acids is 1. The quantitative estimate of drug-likeness (QED) is 0.0923. The van der Waals surface area contributed by atoms with Crippen molar-refractivity contribution in [3.63, 3.8) is 0 Å². The molecule has 0 atom stereocenters. The van der Waals surface area contributed by atoms with Crippen molar-refractivity contribution in [1.82, 2.24) is 4.90 Å². The van der Waals surface area contributed by atoms with E-state index in [1.807, 2.05) is 43.3 Å². The average Bonchev–Trinajstić information content (AvgIpc) is 3.15. The number of ether oxygens (including phenoxy) is 3. The van der Waals surface area contributed by atoms with E-state index in [2.05, 4.69) is 5.32 Å². The third-order valence-electron chi connectivity index (χ3n) is 8.32. The SMILES string of the molecule is COc1ccc(CC(=O)Nc2ccc(C(=O)N(CC(=O)O)Cc3ccc(OC(=O)c4ccc(-c5ccc(C)cc5)cc4)cc3)cc2OC)c(C(F)(F)F)c1. The number of hydrogen-bond donors (Lipinski definition) is 2. The molecule has 0 aliphatic carbocycles. The number of carboxylic acid groups (broad SMARTS) is 1. The summed E-state index contributed by atoms with van der Waals surface area (Å²) < 4.78 is 56.7. The van der Waals surface area contributed by atoms with Gasteiger partial charge in [0.25, 0.3) is 5.91 Å². The molecule has 0 aromatic heterocycles. The maximum atomic E-state index is 13.6. The van der Waals surface area contributed by atoms with Crippen LogP contribution in [0.5, 0.6) is 17.2 Å². The molecule has 0 spiro atoms. The molecule has 54 heavy (non-hydrogen) atoms. The van der Waals surface area contributed by atoms with Gasteiger partial charge in [-0.25, -0.2) is 4.79 Å². The summed E-state index contributed by atoms with van der Waals surface area (Å²) in [5.74, 6) is -3.04. The normalized spacial score (nSPS) is 11.0. The lowest BCUT2D eigenvalue weighted by Gasteiger charge is -2.22. The standard InChI is InChI=1S/C41H35F3N2O8/c1-25-4-8-27(9-5-25)28-10-12-29(13-11-28)40(51)54-32-16-6-26(7-17-32)23-46(24-38(48)49)39(50)31-15-19-35(36(20-31)53-3)45-37(47)21-30-14-18-33(52-2)22-34(30)41(42,43)44/h4-20,22H,21,23-24H2,1-3H3,(H,45,47)(H,48,49). The van der Waals surface area contributed by atoms with Crippen molar-refractivity contribution >= 4 is 29.4 Å². The van der Waals surface area contributed by atoms with Crippen LogP contribution in [0.2, 0.25) is 0 Å². The molecule has 5 rings (SSSR count). The Balaban J connectivity index is 1.24. The summed E-state index contributed by atoms with van der Waals surface area (Å²) in [6, 6.07) is 28.5. The Morgan fingerprint density at radius 2 is 1.35 bits per heavy atom. The highest BCUT2D eigenvalue weighted by Crippen LogP contribution is 2.35. The zero-order valence-corrected chi connectivity index (χ0v) is 29.4. The van der Waals surface area contributed by atoms with E-state index in [1.165, 1.54) is 50.6 Å². The number of nitrogens with zero attached hydrogens (tertiary/aromatic N) is 1. The van der Waals surface area contributed by atoms with E-state index in [9.17, 15) is 37.5 Å². The lowest BCUT2D eigenvalue weighted by atomic mass is 10.0. The molecule has 13 heteroatoms. The minimum Gasteiger partial charge on any atom is -0.497 e. The summed E-state index contributed by atoms with van der Waals surface area (Å²) in [5.41, 5.74) is 2.82. The number of methoxy groups -OCH3 is 2. The zero-order chi connectivity index (χ0) is 39.0. The zero-order valence-electron chi connectivity index (χ0n) is 29.4. The first-order valence-corrected chi connectivity index (χ1v) is 16.5. The Morgan fingerprint density at radius 3 is 1.94 bits per heavy atom. The molecule has 5 aromatic rings. The van der Waals surface area contributed by atoms with Crippen LogP contribution in [-0.2, 0) is 28.7 Å². The van der Waals surface area contributed by atoms with Gasteiger partial charge in [0.1, 0.15) is 23.8 Å². The largest absolute Gasteiger partial charge is 0.497 e. The summed E-state index contributed by atoms with van der Waals surface area (Å²) >= 11 is 0. The van der Waals surface area contributed by atoms with E-state index in [0.29, 0.717) is 11.1 Å². The fourth-order valence-electron chi connectivity index (χ4n) is 5.53. The summed E-state index contributed by atoms with van der Waals surface area (Å²) in [5, 5.41) is 12.1. The van der Waals surface area contributed by atoms with Crippen molar-refractivity contribution in [2.45, 2.75) is 26.1 Å². The number of halogens is 3. The number of alkyl halides is 3. The van der Waals surface area contributed by atoms with Crippen molar-refractivity contribution in [2.75, 3.05) is 26.1 Å². The highest BCUT2D eigenvalue weighted by Gasteiger charge is 2.34. The molecule has 0 saturated carbocycles. The minimum absolute atomic E-state index is 0.0140. The Hall–Kier alpha value is -6.63. The number of aryl methyl sites for hydroxylation is 1. The Kier molecular flexibility index (Phi) is 12.0. The molecule has 0 saturated heterocycles. The Bertz CT molecular complexity index is 2150. The van der Waals surface area contributed by atoms with Crippen molar-refractivity contribution in [3.8, 4) is 28.4 Å². The van der Waals surface area contributed by atoms with Gasteiger partial charge in [-0.15, -0.1) is 0 Å². The number of esters is 1. The third-order valence-corrected chi connectivity index (χ3v) is 8.32. The number of carbonyl (C=O) groups is 4. The highest BCUT2D eigenvalue weighted by atomic mass is 19.4. The molecule has 0 heterocycles. The number of anilines is 1. The predicted molar refractivity (Wildman–Crippen MR) is 194 cm³/mol. The van der Waals surface area contributed by atoms with Gasteiger partial charge in [-0.1, -0.05) is 60.2 Å². The molecule has 5 aromatic carbocycles. The van der Waals surface area contributed by atoms with Gasteiger partial charge in [0.15, 0.2) is 0 Å². The number of nitrogens with one attached hydrogen (secondary N) is 1. The fourth-order valence-corrected chi connectivity index (χ4v) is 5.53. The van der Waals surface area contributed by atoms with E-state index < -0.39 is 48.5 Å². The highest BCUT2D eigenvalue weighted by molar-refractivity contribution is 5.99. The van der Waals surface area contributed by atoms with Crippen LogP contribution in [0.1, 0.15) is 43.0 Å². The Labute approximate surface area is 308 Å². The molecule has 0 unspecified atom stereocenters. The molecule has 2 N–H and O–H groups in total. The van der Waals surface area contributed by atoms with Gasteiger partial charge < -0.3 is 29.5 Å². The fraction of sp³-hybridized carbons (Fsp3) is 0.171. The van der Waals surface area contributed by atoms with Crippen LogP contribution in [0.25, 0.3) is 11.1 Å². The first-order chi connectivity index (χ1) is 25.7. The lowest BCUT2D eigenvalue weighted by Crippen LogP contribution is -2.35. The number of benzene rings is 5. The molecule has 10 nitrogen and oxygen atoms in total. The molecular formula is C41H35F3N2O8. The van der Waals surface area contributed by atoms with Crippen LogP contribution >= 0.6 is 0 Å². The summed E-state index contributed by atoms with van der Waals surface area (Å²) in [6.07, 6.45) is -5.34. The van der Waals surface area contributed by atoms with Gasteiger partial charge in [0, 0.05) is 12.1 Å². The third kappa shape index (κ3) is 9.82. The molecular weight excluding hydrogens is 705 g/mol. The molecule has 278 valence electrons. The smallest absolute Gasteiger partial charge is 0.416 e. The second-order valence-corrected chi connectivity index (χ2v) is 12.2. The summed E-state index contributed by atoms with van der Waals surface area (Å²) in [4.78, 5) is 52.0. The van der Waals surface area contributed by atoms with Gasteiger partial charge in [-0.2, -0.15) is 13.2 Å². The van der Waals surface area contributed by atoms with Crippen molar-refractivity contribution in [2.24, 2.45) is 0 Å². The topological polar surface area (TPSA) is 131 Å². The number of hydrogen-bond acceptors (Lipinski definition) is 7. The van der Waals surface area contributed by atoms with Crippen LogP contribution in [0, 0.1) is 6.92 Å². The van der Waals surface area contributed by atoms with Crippen molar-refractivity contribution < 1.29 is 51.7 Å². The second kappa shape index (κ2) is 16.8. The summed E-state index contributed by atoms with van der Waals surface area (Å²) in [6.45, 7) is 1.23. The molecule has 0 fully saturated rings. The lowest BCUT2D eigenvalue weighted by molar-refractivity contribution is -0.139. The maximum absolute atomic E-state index is 13.6. The van der Waals surface area contributed by atoms with Crippen LogP contribution in [0.4, 0.5) is 18.9 Å². The molecule has 0 bridgehead atoms. The van der Waals surface area contributed by atoms with Crippen LogP contribution in [0.15, 0.2) is 109 Å². The van der Waals surface area contributed by atoms with E-state index in [0.717, 1.165) is 33.7 Å². The molecule has 2 amide bonds. The number of rotatable bonds is 13. The first kappa shape index (κ1) is 38.6. The number of amides is 2. The number of aliphatic carboxylic acids is 1. The van der Waals surface area contributed by atoms with Gasteiger partial charge in [-0.3, -0.25) is 14.4 Å². The number of carbonyl (C=O) groups excluding carboxylic acids is 3. The van der Waals surface area contributed by atoms with E-state index in [-0.39, 0.29) is 40.6 Å². The maximum Gasteiger partial charge on any atom is 0.416 e. The monoisotopic (exact) mass is 740 g/mol. The van der Waals surface area contributed by atoms with Crippen molar-refractivity contribution in [3.05, 3.63) is 143 Å². The predicted octanol–water partition coefficient (Wildman–Crippen LogP) is 7.83. The van der Waals surface area contributed by atoms with Gasteiger partial charge >= 0.3 is 18.1 Å². The first-order valence-electron chi connectivity index (χ1n) is 16.5. The van der Waals surface area contributed by atoms with E-state index in [1.54, 1.807) is 24.3 Å². The average molecular weight is 741 g/mol. The second-order valence-electron chi connectivity index (χ2n) is 12.2. The molecule has 0 aliphatic rings. The molecule has 0 radical (unpaired) electrons. The Morgan fingerprint density at radius 1 is 0.741 bits per heavy atom. The molecule has 0 aliphatic heterocycles. The van der Waals surface area contributed by atoms with Crippen LogP contribution in [-0.4, -0.2) is 54.5 Å².